The van der Waals surface area contributed by atoms with E-state index in [1.807, 2.05) is 0 Å². The molecule has 1 aliphatic carbocycles. The summed E-state index contributed by atoms with van der Waals surface area (Å²) in [7, 11) is 0. The molecule has 2 fully saturated rings. The van der Waals surface area contributed by atoms with Crippen LogP contribution in [0.3, 0.4) is 0 Å². The van der Waals surface area contributed by atoms with Crippen LogP contribution in [0.1, 0.15) is 43.7 Å². The van der Waals surface area contributed by atoms with Gasteiger partial charge in [-0.25, -0.2) is 0 Å². The Morgan fingerprint density at radius 3 is 2.56 bits per heavy atom. The predicted molar refractivity (Wildman–Crippen MR) is 101 cm³/mol. The highest BCUT2D eigenvalue weighted by Gasteiger charge is 2.27. The van der Waals surface area contributed by atoms with E-state index in [2.05, 4.69) is 43.4 Å². The standard InChI is InChI=1S/C21H33N3O/c1-17-6-5-8-19(14-17)15-23-10-12-24(13-11-23)16-21(25)22-20-9-4-3-7-18(20)2/h5-6,8,14,18,20H,3-4,7,9-13,15-16H2,1-2H3,(H,22,25)/p+2/t18-,20-/m1/s1. The number of hydrogen-bond acceptors (Lipinski definition) is 1. The van der Waals surface area contributed by atoms with Crippen LogP contribution >= 0.6 is 0 Å². The van der Waals surface area contributed by atoms with Crippen molar-refractivity contribution in [1.82, 2.24) is 5.32 Å². The molecule has 1 saturated carbocycles. The molecule has 0 aromatic heterocycles. The summed E-state index contributed by atoms with van der Waals surface area (Å²) in [5, 5.41) is 3.31. The Kier molecular flexibility index (Phi) is 6.49. The number of hydrogen-bond donors (Lipinski definition) is 3. The zero-order chi connectivity index (χ0) is 17.6. The molecule has 1 heterocycles. The molecule has 0 spiro atoms. The van der Waals surface area contributed by atoms with Gasteiger partial charge in [-0.3, -0.25) is 4.79 Å². The van der Waals surface area contributed by atoms with Gasteiger partial charge in [0.2, 0.25) is 0 Å². The van der Waals surface area contributed by atoms with Crippen molar-refractivity contribution in [3.8, 4) is 0 Å². The van der Waals surface area contributed by atoms with E-state index < -0.39 is 0 Å². The van der Waals surface area contributed by atoms with Crippen LogP contribution in [0.25, 0.3) is 0 Å². The van der Waals surface area contributed by atoms with Crippen LogP contribution < -0.4 is 15.1 Å². The summed E-state index contributed by atoms with van der Waals surface area (Å²) >= 11 is 0. The third-order valence-electron chi connectivity index (χ3n) is 6.07. The number of quaternary nitrogens is 2. The summed E-state index contributed by atoms with van der Waals surface area (Å²) in [6.07, 6.45) is 5.02. The first kappa shape index (κ1) is 18.4. The zero-order valence-electron chi connectivity index (χ0n) is 15.9. The molecule has 4 nitrogen and oxygen atoms in total. The molecule has 3 rings (SSSR count). The van der Waals surface area contributed by atoms with Crippen molar-refractivity contribution in [1.29, 1.82) is 0 Å². The lowest BCUT2D eigenvalue weighted by Crippen LogP contribution is -3.28. The first-order chi connectivity index (χ1) is 12.1. The lowest BCUT2D eigenvalue weighted by atomic mass is 9.86. The van der Waals surface area contributed by atoms with Gasteiger partial charge in [0.15, 0.2) is 6.54 Å². The second-order valence-electron chi connectivity index (χ2n) is 8.28. The van der Waals surface area contributed by atoms with Gasteiger partial charge in [-0.15, -0.1) is 0 Å². The van der Waals surface area contributed by atoms with Gasteiger partial charge in [0.1, 0.15) is 32.7 Å². The van der Waals surface area contributed by atoms with E-state index in [4.69, 9.17) is 0 Å². The summed E-state index contributed by atoms with van der Waals surface area (Å²) in [4.78, 5) is 15.5. The van der Waals surface area contributed by atoms with Gasteiger partial charge >= 0.3 is 0 Å². The van der Waals surface area contributed by atoms with Gasteiger partial charge in [0.25, 0.3) is 5.91 Å². The maximum absolute atomic E-state index is 12.4. The number of amides is 1. The van der Waals surface area contributed by atoms with Crippen LogP contribution in [0.5, 0.6) is 0 Å². The first-order valence-electron chi connectivity index (χ1n) is 10.1. The minimum atomic E-state index is 0.260. The number of carbonyl (C=O) groups excluding carboxylic acids is 1. The smallest absolute Gasteiger partial charge is 0.275 e. The van der Waals surface area contributed by atoms with Crippen molar-refractivity contribution < 1.29 is 14.6 Å². The molecule has 1 aromatic rings. The van der Waals surface area contributed by atoms with Crippen molar-refractivity contribution in [2.45, 2.75) is 52.1 Å². The lowest BCUT2D eigenvalue weighted by Gasteiger charge is -2.32. The summed E-state index contributed by atoms with van der Waals surface area (Å²) in [5.74, 6) is 0.902. The fourth-order valence-corrected chi connectivity index (χ4v) is 4.44. The summed E-state index contributed by atoms with van der Waals surface area (Å²) in [6.45, 7) is 10.7. The monoisotopic (exact) mass is 345 g/mol. The van der Waals surface area contributed by atoms with Crippen LogP contribution in [-0.4, -0.2) is 44.7 Å². The third kappa shape index (κ3) is 5.55. The Morgan fingerprint density at radius 2 is 1.84 bits per heavy atom. The molecule has 4 heteroatoms. The Labute approximate surface area is 152 Å². The summed E-state index contributed by atoms with van der Waals surface area (Å²) in [6, 6.07) is 9.26. The van der Waals surface area contributed by atoms with E-state index in [9.17, 15) is 4.79 Å². The zero-order valence-corrected chi connectivity index (χ0v) is 15.9. The van der Waals surface area contributed by atoms with Crippen LogP contribution in [0.4, 0.5) is 0 Å². The minimum absolute atomic E-state index is 0.260. The molecule has 1 saturated heterocycles. The molecule has 25 heavy (non-hydrogen) atoms. The number of benzene rings is 1. The normalized spacial score (nSPS) is 30.0. The summed E-state index contributed by atoms with van der Waals surface area (Å²) < 4.78 is 0. The van der Waals surface area contributed by atoms with E-state index in [1.54, 1.807) is 4.90 Å². The molecule has 1 aromatic carbocycles. The molecule has 0 bridgehead atoms. The molecular weight excluding hydrogens is 310 g/mol. The van der Waals surface area contributed by atoms with Crippen molar-refractivity contribution in [3.05, 3.63) is 35.4 Å². The molecule has 0 unspecified atom stereocenters. The molecule has 138 valence electrons. The molecule has 2 atom stereocenters. The SMILES string of the molecule is Cc1cccc(C[NH+]2CC[NH+](CC(=O)N[C@@H]3CCCC[C@H]3C)CC2)c1. The quantitative estimate of drug-likeness (QED) is 0.689. The number of carbonyl (C=O) groups is 1. The molecule has 0 radical (unpaired) electrons. The van der Waals surface area contributed by atoms with Gasteiger partial charge in [0.05, 0.1) is 0 Å². The van der Waals surface area contributed by atoms with E-state index in [-0.39, 0.29) is 5.91 Å². The second kappa shape index (κ2) is 8.81. The maximum Gasteiger partial charge on any atom is 0.275 e. The maximum atomic E-state index is 12.4. The highest BCUT2D eigenvalue weighted by Crippen LogP contribution is 2.23. The van der Waals surface area contributed by atoms with Gasteiger partial charge in [-0.1, -0.05) is 49.6 Å². The number of nitrogens with one attached hydrogen (secondary N) is 3. The number of rotatable bonds is 5. The fraction of sp³-hybridized carbons (Fsp3) is 0.667. The topological polar surface area (TPSA) is 38.0 Å². The van der Waals surface area contributed by atoms with Gasteiger partial charge in [0, 0.05) is 11.6 Å². The van der Waals surface area contributed by atoms with Crippen LogP contribution in [-0.2, 0) is 11.3 Å². The molecule has 1 aliphatic heterocycles. The van der Waals surface area contributed by atoms with E-state index in [0.29, 0.717) is 18.5 Å². The highest BCUT2D eigenvalue weighted by molar-refractivity contribution is 5.77. The molecule has 2 aliphatic rings. The molecular formula is C21H35N3O+2. The van der Waals surface area contributed by atoms with Crippen molar-refractivity contribution in [3.63, 3.8) is 0 Å². The molecule has 1 amide bonds. The lowest BCUT2D eigenvalue weighted by molar-refractivity contribution is -1.02. The van der Waals surface area contributed by atoms with Crippen molar-refractivity contribution in [2.24, 2.45) is 5.92 Å². The van der Waals surface area contributed by atoms with Gasteiger partial charge in [-0.2, -0.15) is 0 Å². The average molecular weight is 346 g/mol. The van der Waals surface area contributed by atoms with E-state index in [1.165, 1.54) is 35.3 Å². The average Bonchev–Trinajstić information content (AvgIpc) is 2.59. The largest absolute Gasteiger partial charge is 0.348 e. The summed E-state index contributed by atoms with van der Waals surface area (Å²) in [5.41, 5.74) is 2.78. The van der Waals surface area contributed by atoms with Crippen LogP contribution in [0.2, 0.25) is 0 Å². The predicted octanol–water partition coefficient (Wildman–Crippen LogP) is -0.0267. The molecule has 3 N–H and O–H groups in total. The van der Waals surface area contributed by atoms with E-state index >= 15 is 0 Å². The Morgan fingerprint density at radius 1 is 1.12 bits per heavy atom. The van der Waals surface area contributed by atoms with Gasteiger partial charge < -0.3 is 15.1 Å². The number of piperazine rings is 1. The Hall–Kier alpha value is -1.39. The fourth-order valence-electron chi connectivity index (χ4n) is 4.44. The van der Waals surface area contributed by atoms with Crippen LogP contribution in [0.15, 0.2) is 24.3 Å². The Balaban J connectivity index is 1.39. The highest BCUT2D eigenvalue weighted by atomic mass is 16.2. The second-order valence-corrected chi connectivity index (χ2v) is 8.28. The van der Waals surface area contributed by atoms with Crippen molar-refractivity contribution in [2.75, 3.05) is 32.7 Å². The van der Waals surface area contributed by atoms with Crippen LogP contribution in [0, 0.1) is 12.8 Å². The minimum Gasteiger partial charge on any atom is -0.348 e. The third-order valence-corrected chi connectivity index (χ3v) is 6.07. The van der Waals surface area contributed by atoms with E-state index in [0.717, 1.165) is 39.1 Å². The van der Waals surface area contributed by atoms with Crippen molar-refractivity contribution >= 4 is 5.91 Å². The Bertz CT molecular complexity index is 566. The van der Waals surface area contributed by atoms with Gasteiger partial charge in [-0.05, 0) is 25.7 Å². The number of aryl methyl sites for hydroxylation is 1. The first-order valence-corrected chi connectivity index (χ1v) is 10.1.